The minimum absolute atomic E-state index is 0.0828. The number of rotatable bonds is 4. The Morgan fingerprint density at radius 2 is 2.06 bits per heavy atom. The van der Waals surface area contributed by atoms with Crippen LogP contribution in [0.4, 0.5) is 10.2 Å². The zero-order valence-electron chi connectivity index (χ0n) is 9.89. The summed E-state index contributed by atoms with van der Waals surface area (Å²) in [5, 5.41) is 11.1. The second-order valence-corrected chi connectivity index (χ2v) is 3.85. The van der Waals surface area contributed by atoms with E-state index in [2.05, 4.69) is 15.6 Å². The molecule has 0 spiro atoms. The van der Waals surface area contributed by atoms with Crippen LogP contribution in [0.2, 0.25) is 0 Å². The number of nitrogens with one attached hydrogen (secondary N) is 1. The first-order chi connectivity index (χ1) is 8.20. The second kappa shape index (κ2) is 4.95. The van der Waals surface area contributed by atoms with Crippen molar-refractivity contribution >= 4 is 5.82 Å². The van der Waals surface area contributed by atoms with Crippen molar-refractivity contribution in [3.05, 3.63) is 41.8 Å². The Kier molecular flexibility index (Phi) is 3.37. The highest BCUT2D eigenvalue weighted by Crippen LogP contribution is 2.18. The van der Waals surface area contributed by atoms with Crippen LogP contribution in [-0.2, 0) is 6.54 Å². The van der Waals surface area contributed by atoms with Gasteiger partial charge in [0, 0.05) is 12.6 Å². The van der Waals surface area contributed by atoms with Crippen molar-refractivity contribution in [1.29, 1.82) is 0 Å². The maximum absolute atomic E-state index is 12.8. The maximum atomic E-state index is 12.8. The summed E-state index contributed by atoms with van der Waals surface area (Å²) in [6, 6.07) is 6.55. The molecule has 0 amide bonds. The van der Waals surface area contributed by atoms with Gasteiger partial charge in [-0.15, -0.1) is 5.10 Å². The Hall–Kier alpha value is -1.91. The lowest BCUT2D eigenvalue weighted by Gasteiger charge is -2.15. The first-order valence-corrected chi connectivity index (χ1v) is 5.61. The molecule has 0 fully saturated rings. The highest BCUT2D eigenvalue weighted by Gasteiger charge is 2.08. The summed E-state index contributed by atoms with van der Waals surface area (Å²) in [7, 11) is 0. The number of aryl methyl sites for hydroxylation is 1. The quantitative estimate of drug-likeness (QED) is 0.884. The zero-order valence-corrected chi connectivity index (χ0v) is 9.89. The molecule has 1 atom stereocenters. The van der Waals surface area contributed by atoms with E-state index in [1.54, 1.807) is 23.0 Å². The third-order valence-corrected chi connectivity index (χ3v) is 2.65. The highest BCUT2D eigenvalue weighted by atomic mass is 19.1. The lowest BCUT2D eigenvalue weighted by molar-refractivity contribution is 0.622. The molecule has 0 radical (unpaired) electrons. The standard InChI is InChI=1S/C12H15FN4/c1-3-17-12(8-14-16-17)15-9(2)10-4-6-11(13)7-5-10/h4-9,15H,3H2,1-2H3. The van der Waals surface area contributed by atoms with Crippen LogP contribution in [0, 0.1) is 5.82 Å². The first-order valence-electron chi connectivity index (χ1n) is 5.61. The molecule has 0 bridgehead atoms. The van der Waals surface area contributed by atoms with Crippen molar-refractivity contribution in [2.45, 2.75) is 26.4 Å². The van der Waals surface area contributed by atoms with Crippen molar-refractivity contribution in [1.82, 2.24) is 15.0 Å². The van der Waals surface area contributed by atoms with Crippen molar-refractivity contribution in [3.63, 3.8) is 0 Å². The maximum Gasteiger partial charge on any atom is 0.145 e. The number of hydrogen-bond acceptors (Lipinski definition) is 3. The molecule has 17 heavy (non-hydrogen) atoms. The fourth-order valence-electron chi connectivity index (χ4n) is 1.66. The zero-order chi connectivity index (χ0) is 12.3. The van der Waals surface area contributed by atoms with Gasteiger partial charge in [-0.1, -0.05) is 17.3 Å². The van der Waals surface area contributed by atoms with Crippen LogP contribution < -0.4 is 5.32 Å². The van der Waals surface area contributed by atoms with Gasteiger partial charge in [0.25, 0.3) is 0 Å². The summed E-state index contributed by atoms with van der Waals surface area (Å²) in [6.45, 7) is 4.78. The second-order valence-electron chi connectivity index (χ2n) is 3.85. The molecule has 1 aromatic heterocycles. The number of hydrogen-bond donors (Lipinski definition) is 1. The summed E-state index contributed by atoms with van der Waals surface area (Å²) in [4.78, 5) is 0. The first kappa shape index (κ1) is 11.6. The van der Waals surface area contributed by atoms with Crippen molar-refractivity contribution < 1.29 is 4.39 Å². The van der Waals surface area contributed by atoms with E-state index in [0.29, 0.717) is 0 Å². The van der Waals surface area contributed by atoms with Crippen LogP contribution in [0.1, 0.15) is 25.5 Å². The minimum atomic E-state index is -0.221. The van der Waals surface area contributed by atoms with Crippen molar-refractivity contribution in [3.8, 4) is 0 Å². The molecule has 2 aromatic rings. The fraction of sp³-hybridized carbons (Fsp3) is 0.333. The van der Waals surface area contributed by atoms with E-state index in [9.17, 15) is 4.39 Å². The third-order valence-electron chi connectivity index (χ3n) is 2.65. The van der Waals surface area contributed by atoms with E-state index in [-0.39, 0.29) is 11.9 Å². The summed E-state index contributed by atoms with van der Waals surface area (Å²) in [5.41, 5.74) is 1.02. The Labute approximate surface area is 99.5 Å². The fourth-order valence-corrected chi connectivity index (χ4v) is 1.66. The molecule has 0 aliphatic rings. The molecule has 1 aromatic carbocycles. The largest absolute Gasteiger partial charge is 0.362 e. The number of benzene rings is 1. The molecule has 0 saturated carbocycles. The smallest absolute Gasteiger partial charge is 0.145 e. The normalized spacial score (nSPS) is 12.4. The monoisotopic (exact) mass is 234 g/mol. The lowest BCUT2D eigenvalue weighted by Crippen LogP contribution is -2.11. The van der Waals surface area contributed by atoms with Crippen LogP contribution >= 0.6 is 0 Å². The van der Waals surface area contributed by atoms with Crippen LogP contribution in [0.25, 0.3) is 0 Å². The third kappa shape index (κ3) is 2.61. The van der Waals surface area contributed by atoms with Gasteiger partial charge in [-0.2, -0.15) is 0 Å². The van der Waals surface area contributed by atoms with Crippen LogP contribution in [-0.4, -0.2) is 15.0 Å². The van der Waals surface area contributed by atoms with E-state index >= 15 is 0 Å². The minimum Gasteiger partial charge on any atom is -0.362 e. The van der Waals surface area contributed by atoms with Gasteiger partial charge in [0.1, 0.15) is 11.6 Å². The topological polar surface area (TPSA) is 42.7 Å². The van der Waals surface area contributed by atoms with Crippen LogP contribution in [0.3, 0.4) is 0 Å². The predicted octanol–water partition coefficient (Wildman–Crippen LogP) is 2.61. The molecule has 5 heteroatoms. The molecule has 0 aliphatic carbocycles. The molecule has 1 heterocycles. The average molecular weight is 234 g/mol. The van der Waals surface area contributed by atoms with Gasteiger partial charge < -0.3 is 5.32 Å². The predicted molar refractivity (Wildman–Crippen MR) is 64.1 cm³/mol. The highest BCUT2D eigenvalue weighted by molar-refractivity contribution is 5.36. The van der Waals surface area contributed by atoms with Crippen molar-refractivity contribution in [2.24, 2.45) is 0 Å². The SMILES string of the molecule is CCn1nncc1NC(C)c1ccc(F)cc1. The van der Waals surface area contributed by atoms with Crippen LogP contribution in [0.5, 0.6) is 0 Å². The van der Waals surface area contributed by atoms with Crippen molar-refractivity contribution in [2.75, 3.05) is 5.32 Å². The van der Waals surface area contributed by atoms with Gasteiger partial charge >= 0.3 is 0 Å². The Bertz CT molecular complexity index is 478. The molecule has 4 nitrogen and oxygen atoms in total. The number of nitrogens with zero attached hydrogens (tertiary/aromatic N) is 3. The summed E-state index contributed by atoms with van der Waals surface area (Å²) < 4.78 is 14.6. The molecule has 1 unspecified atom stereocenters. The molecule has 0 saturated heterocycles. The van der Waals surface area contributed by atoms with Gasteiger partial charge in [0.2, 0.25) is 0 Å². The van der Waals surface area contributed by atoms with Gasteiger partial charge in [-0.25, -0.2) is 9.07 Å². The Morgan fingerprint density at radius 1 is 1.35 bits per heavy atom. The summed E-state index contributed by atoms with van der Waals surface area (Å²) in [5.74, 6) is 0.644. The Morgan fingerprint density at radius 3 is 2.71 bits per heavy atom. The lowest BCUT2D eigenvalue weighted by atomic mass is 10.1. The van der Waals surface area contributed by atoms with E-state index in [0.717, 1.165) is 17.9 Å². The molecule has 2 rings (SSSR count). The van der Waals surface area contributed by atoms with E-state index in [1.807, 2.05) is 13.8 Å². The molecule has 1 N–H and O–H groups in total. The number of anilines is 1. The average Bonchev–Trinajstić information content (AvgIpc) is 2.77. The Balaban J connectivity index is 2.11. The van der Waals surface area contributed by atoms with Crippen LogP contribution in [0.15, 0.2) is 30.5 Å². The number of aromatic nitrogens is 3. The molecule has 0 aliphatic heterocycles. The van der Waals surface area contributed by atoms with E-state index in [4.69, 9.17) is 0 Å². The summed E-state index contributed by atoms with van der Waals surface area (Å²) >= 11 is 0. The number of halogens is 1. The summed E-state index contributed by atoms with van der Waals surface area (Å²) in [6.07, 6.45) is 1.68. The van der Waals surface area contributed by atoms with Gasteiger partial charge in [-0.05, 0) is 31.5 Å². The van der Waals surface area contributed by atoms with E-state index < -0.39 is 0 Å². The van der Waals surface area contributed by atoms with E-state index in [1.165, 1.54) is 12.1 Å². The molecular weight excluding hydrogens is 219 g/mol. The van der Waals surface area contributed by atoms with Gasteiger partial charge in [0.05, 0.1) is 6.20 Å². The van der Waals surface area contributed by atoms with Gasteiger partial charge in [0.15, 0.2) is 0 Å². The molecule has 90 valence electrons. The molecular formula is C12H15FN4. The van der Waals surface area contributed by atoms with Gasteiger partial charge in [-0.3, -0.25) is 0 Å².